The molecule has 1 aromatic carbocycles. The summed E-state index contributed by atoms with van der Waals surface area (Å²) in [7, 11) is 4.01. The number of hydrogen-bond acceptors (Lipinski definition) is 3. The molecule has 16 heavy (non-hydrogen) atoms. The molecule has 1 N–H and O–H groups in total. The maximum atomic E-state index is 3.48. The Morgan fingerprint density at radius 3 is 2.69 bits per heavy atom. The quantitative estimate of drug-likeness (QED) is 0.907. The molecule has 4 heteroatoms. The number of rotatable bonds is 3. The van der Waals surface area contributed by atoms with Gasteiger partial charge < -0.3 is 10.2 Å². The Hall–Kier alpha value is -1.000. The first-order valence-electron chi connectivity index (χ1n) is 4.97. The summed E-state index contributed by atoms with van der Waals surface area (Å²) in [5.74, 6) is 0. The topological polar surface area (TPSA) is 15.3 Å². The highest BCUT2D eigenvalue weighted by molar-refractivity contribution is 9.11. The molecule has 0 amide bonds. The fraction of sp³-hybridized carbons (Fsp3) is 0.167. The molecule has 0 atom stereocenters. The van der Waals surface area contributed by atoms with Gasteiger partial charge in [0.05, 0.1) is 8.79 Å². The molecule has 0 aliphatic heterocycles. The molecule has 84 valence electrons. The van der Waals surface area contributed by atoms with Crippen molar-refractivity contribution >= 4 is 43.6 Å². The molecule has 0 fully saturated rings. The first-order chi connectivity index (χ1) is 7.70. The SMILES string of the molecule is CNc1cccc(N(C)c2ccc(Br)s2)c1. The molecular formula is C12H13BrN2S. The van der Waals surface area contributed by atoms with Crippen LogP contribution in [0.3, 0.4) is 0 Å². The lowest BCUT2D eigenvalue weighted by Gasteiger charge is -2.17. The Kier molecular flexibility index (Phi) is 3.51. The molecule has 0 saturated heterocycles. The van der Waals surface area contributed by atoms with Crippen molar-refractivity contribution in [2.24, 2.45) is 0 Å². The van der Waals surface area contributed by atoms with E-state index in [1.807, 2.05) is 7.05 Å². The summed E-state index contributed by atoms with van der Waals surface area (Å²) in [5.41, 5.74) is 2.31. The number of nitrogens with one attached hydrogen (secondary N) is 1. The molecule has 0 aliphatic carbocycles. The lowest BCUT2D eigenvalue weighted by Crippen LogP contribution is -2.07. The van der Waals surface area contributed by atoms with Gasteiger partial charge in [-0.1, -0.05) is 6.07 Å². The lowest BCUT2D eigenvalue weighted by molar-refractivity contribution is 1.24. The molecule has 1 aromatic heterocycles. The fourth-order valence-electron chi connectivity index (χ4n) is 1.48. The van der Waals surface area contributed by atoms with Crippen molar-refractivity contribution in [3.8, 4) is 0 Å². The third-order valence-corrected chi connectivity index (χ3v) is 4.11. The summed E-state index contributed by atoms with van der Waals surface area (Å²) in [5, 5.41) is 4.37. The molecule has 0 radical (unpaired) electrons. The first kappa shape index (κ1) is 11.5. The summed E-state index contributed by atoms with van der Waals surface area (Å²) in [6.07, 6.45) is 0. The van der Waals surface area contributed by atoms with Crippen LogP contribution in [0.25, 0.3) is 0 Å². The predicted octanol–water partition coefficient (Wildman–Crippen LogP) is 4.32. The van der Waals surface area contributed by atoms with Gasteiger partial charge in [0.25, 0.3) is 0 Å². The second-order valence-corrected chi connectivity index (χ2v) is 5.88. The minimum Gasteiger partial charge on any atom is -0.388 e. The number of halogens is 1. The van der Waals surface area contributed by atoms with Gasteiger partial charge in [-0.2, -0.15) is 0 Å². The van der Waals surface area contributed by atoms with E-state index in [2.05, 4.69) is 69.6 Å². The van der Waals surface area contributed by atoms with E-state index in [4.69, 9.17) is 0 Å². The number of benzene rings is 1. The van der Waals surface area contributed by atoms with E-state index < -0.39 is 0 Å². The molecule has 0 bridgehead atoms. The van der Waals surface area contributed by atoms with Crippen molar-refractivity contribution < 1.29 is 0 Å². The van der Waals surface area contributed by atoms with Gasteiger partial charge in [0.15, 0.2) is 0 Å². The highest BCUT2D eigenvalue weighted by atomic mass is 79.9. The van der Waals surface area contributed by atoms with Crippen molar-refractivity contribution in [2.45, 2.75) is 0 Å². The molecule has 2 nitrogen and oxygen atoms in total. The van der Waals surface area contributed by atoms with E-state index >= 15 is 0 Å². The summed E-state index contributed by atoms with van der Waals surface area (Å²) in [6, 6.07) is 12.5. The minimum absolute atomic E-state index is 1.12. The minimum atomic E-state index is 1.12. The van der Waals surface area contributed by atoms with Gasteiger partial charge in [-0.3, -0.25) is 0 Å². The van der Waals surface area contributed by atoms with Crippen LogP contribution in [0.5, 0.6) is 0 Å². The smallest absolute Gasteiger partial charge is 0.0962 e. The zero-order valence-electron chi connectivity index (χ0n) is 9.20. The van der Waals surface area contributed by atoms with E-state index in [9.17, 15) is 0 Å². The monoisotopic (exact) mass is 296 g/mol. The fourth-order valence-corrected chi connectivity index (χ4v) is 2.83. The number of thiophene rings is 1. The Morgan fingerprint density at radius 2 is 2.06 bits per heavy atom. The molecule has 0 spiro atoms. The van der Waals surface area contributed by atoms with E-state index in [0.29, 0.717) is 0 Å². The van der Waals surface area contributed by atoms with Crippen molar-refractivity contribution in [3.63, 3.8) is 0 Å². The van der Waals surface area contributed by atoms with Crippen molar-refractivity contribution in [3.05, 3.63) is 40.2 Å². The normalized spacial score (nSPS) is 10.2. The highest BCUT2D eigenvalue weighted by Crippen LogP contribution is 2.33. The Morgan fingerprint density at radius 1 is 1.25 bits per heavy atom. The first-order valence-corrected chi connectivity index (χ1v) is 6.58. The van der Waals surface area contributed by atoms with Gasteiger partial charge in [-0.05, 0) is 46.3 Å². The second-order valence-electron chi connectivity index (χ2n) is 3.44. The van der Waals surface area contributed by atoms with E-state index in [1.54, 1.807) is 11.3 Å². The van der Waals surface area contributed by atoms with Crippen LogP contribution in [0, 0.1) is 0 Å². The van der Waals surface area contributed by atoms with Crippen molar-refractivity contribution in [1.82, 2.24) is 0 Å². The zero-order valence-corrected chi connectivity index (χ0v) is 11.6. The third kappa shape index (κ3) is 2.39. The van der Waals surface area contributed by atoms with Gasteiger partial charge >= 0.3 is 0 Å². The van der Waals surface area contributed by atoms with E-state index in [1.165, 1.54) is 10.7 Å². The molecular weight excluding hydrogens is 284 g/mol. The second kappa shape index (κ2) is 4.89. The van der Waals surface area contributed by atoms with Crippen LogP contribution in [0.4, 0.5) is 16.4 Å². The van der Waals surface area contributed by atoms with E-state index in [-0.39, 0.29) is 0 Å². The predicted molar refractivity (Wildman–Crippen MR) is 76.1 cm³/mol. The third-order valence-electron chi connectivity index (χ3n) is 2.41. The van der Waals surface area contributed by atoms with Crippen LogP contribution >= 0.6 is 27.3 Å². The maximum absolute atomic E-state index is 3.48. The van der Waals surface area contributed by atoms with Gasteiger partial charge in [0.1, 0.15) is 0 Å². The summed E-state index contributed by atoms with van der Waals surface area (Å²) < 4.78 is 1.15. The number of anilines is 3. The largest absolute Gasteiger partial charge is 0.388 e. The van der Waals surface area contributed by atoms with Crippen molar-refractivity contribution in [1.29, 1.82) is 0 Å². The molecule has 0 saturated carbocycles. The Labute approximate surface area is 108 Å². The van der Waals surface area contributed by atoms with Gasteiger partial charge in [-0.15, -0.1) is 11.3 Å². The van der Waals surface area contributed by atoms with Crippen LogP contribution in [0.15, 0.2) is 40.2 Å². The average molecular weight is 297 g/mol. The summed E-state index contributed by atoms with van der Waals surface area (Å²) in [4.78, 5) is 2.18. The Bertz CT molecular complexity index is 481. The van der Waals surface area contributed by atoms with Crippen molar-refractivity contribution in [2.75, 3.05) is 24.3 Å². The number of hydrogen-bond donors (Lipinski definition) is 1. The van der Waals surface area contributed by atoms with Crippen LogP contribution in [0.2, 0.25) is 0 Å². The molecule has 2 aromatic rings. The van der Waals surface area contributed by atoms with Gasteiger partial charge in [0, 0.05) is 25.5 Å². The average Bonchev–Trinajstić information content (AvgIpc) is 2.75. The van der Waals surface area contributed by atoms with Gasteiger partial charge in [-0.25, -0.2) is 0 Å². The molecule has 2 rings (SSSR count). The van der Waals surface area contributed by atoms with Gasteiger partial charge in [0.2, 0.25) is 0 Å². The zero-order chi connectivity index (χ0) is 11.5. The molecule has 0 unspecified atom stereocenters. The Balaban J connectivity index is 2.29. The lowest BCUT2D eigenvalue weighted by atomic mass is 10.2. The molecule has 0 aliphatic rings. The molecule has 1 heterocycles. The van der Waals surface area contributed by atoms with Crippen LogP contribution in [-0.4, -0.2) is 14.1 Å². The van der Waals surface area contributed by atoms with Crippen LogP contribution in [0.1, 0.15) is 0 Å². The highest BCUT2D eigenvalue weighted by Gasteiger charge is 2.06. The summed E-state index contributed by atoms with van der Waals surface area (Å²) >= 11 is 5.21. The summed E-state index contributed by atoms with van der Waals surface area (Å²) in [6.45, 7) is 0. The number of nitrogens with zero attached hydrogens (tertiary/aromatic N) is 1. The van der Waals surface area contributed by atoms with E-state index in [0.717, 1.165) is 9.47 Å². The standard InChI is InChI=1S/C12H13BrN2S/c1-14-9-4-3-5-10(8-9)15(2)12-7-6-11(13)16-12/h3-8,14H,1-2H3. The van der Waals surface area contributed by atoms with Crippen LogP contribution < -0.4 is 10.2 Å². The maximum Gasteiger partial charge on any atom is 0.0962 e. The van der Waals surface area contributed by atoms with Crippen LogP contribution in [-0.2, 0) is 0 Å².